The van der Waals surface area contributed by atoms with Gasteiger partial charge in [-0.15, -0.1) is 0 Å². The van der Waals surface area contributed by atoms with Crippen molar-refractivity contribution < 1.29 is 1.43 Å². The summed E-state index contributed by atoms with van der Waals surface area (Å²) in [6.45, 7) is 5.77. The minimum absolute atomic E-state index is 0. The highest BCUT2D eigenvalue weighted by Crippen LogP contribution is 2.29. The Morgan fingerprint density at radius 1 is 1.50 bits per heavy atom. The van der Waals surface area contributed by atoms with Crippen molar-refractivity contribution in [3.8, 4) is 0 Å². The van der Waals surface area contributed by atoms with Crippen LogP contribution >= 0.6 is 0 Å². The maximum absolute atomic E-state index is 4.45. The summed E-state index contributed by atoms with van der Waals surface area (Å²) < 4.78 is 0. The highest BCUT2D eigenvalue weighted by molar-refractivity contribution is 5.79. The molecule has 86 valence electrons. The van der Waals surface area contributed by atoms with E-state index in [0.29, 0.717) is 6.04 Å². The molecule has 0 aromatic carbocycles. The number of aromatic nitrogens is 2. The highest BCUT2D eigenvalue weighted by atomic mass is 15.2. The number of aromatic amines is 1. The molecule has 3 rings (SSSR count). The quantitative estimate of drug-likeness (QED) is 0.796. The van der Waals surface area contributed by atoms with E-state index >= 15 is 0 Å². The Kier molecular flexibility index (Phi) is 2.13. The number of nitrogens with one attached hydrogen (secondary N) is 1. The second kappa shape index (κ2) is 3.51. The Morgan fingerprint density at radius 2 is 2.38 bits per heavy atom. The molecule has 0 radical (unpaired) electrons. The molecule has 2 aromatic rings. The third-order valence-electron chi connectivity index (χ3n) is 3.50. The van der Waals surface area contributed by atoms with Crippen molar-refractivity contribution in [1.82, 2.24) is 9.97 Å². The maximum atomic E-state index is 4.45. The van der Waals surface area contributed by atoms with Crippen LogP contribution in [-0.2, 0) is 0 Å². The number of hydrogen-bond acceptors (Lipinski definition) is 2. The summed E-state index contributed by atoms with van der Waals surface area (Å²) >= 11 is 0. The fourth-order valence-electron chi connectivity index (χ4n) is 2.74. The van der Waals surface area contributed by atoms with Gasteiger partial charge < -0.3 is 9.88 Å². The van der Waals surface area contributed by atoms with E-state index in [-0.39, 0.29) is 1.43 Å². The molecule has 0 bridgehead atoms. The third-order valence-corrected chi connectivity index (χ3v) is 3.50. The number of H-pyrrole nitrogens is 1. The molecule has 0 aliphatic carbocycles. The number of hydrogen-bond donors (Lipinski definition) is 1. The Morgan fingerprint density at radius 3 is 3.12 bits per heavy atom. The van der Waals surface area contributed by atoms with Crippen molar-refractivity contribution in [2.24, 2.45) is 5.92 Å². The van der Waals surface area contributed by atoms with Gasteiger partial charge in [0.1, 0.15) is 5.65 Å². The van der Waals surface area contributed by atoms with Crippen LogP contribution in [-0.4, -0.2) is 22.6 Å². The number of rotatable bonds is 1. The summed E-state index contributed by atoms with van der Waals surface area (Å²) in [4.78, 5) is 10.0. The van der Waals surface area contributed by atoms with Gasteiger partial charge >= 0.3 is 0 Å². The van der Waals surface area contributed by atoms with E-state index in [1.54, 1.807) is 0 Å². The van der Waals surface area contributed by atoms with E-state index < -0.39 is 0 Å². The van der Waals surface area contributed by atoms with E-state index in [9.17, 15) is 0 Å². The van der Waals surface area contributed by atoms with Gasteiger partial charge in [0, 0.05) is 25.6 Å². The van der Waals surface area contributed by atoms with Crippen molar-refractivity contribution in [2.75, 3.05) is 11.4 Å². The molecule has 3 nitrogen and oxygen atoms in total. The zero-order chi connectivity index (χ0) is 11.1. The first-order valence-corrected chi connectivity index (χ1v) is 5.94. The molecule has 16 heavy (non-hydrogen) atoms. The minimum Gasteiger partial charge on any atom is -0.367 e. The van der Waals surface area contributed by atoms with Crippen LogP contribution in [0.5, 0.6) is 0 Å². The van der Waals surface area contributed by atoms with Crippen molar-refractivity contribution in [3.63, 3.8) is 0 Å². The largest absolute Gasteiger partial charge is 0.367 e. The van der Waals surface area contributed by atoms with Gasteiger partial charge in [-0.3, -0.25) is 0 Å². The molecule has 0 spiro atoms. The van der Waals surface area contributed by atoms with Gasteiger partial charge in [-0.25, -0.2) is 4.98 Å². The Balaban J connectivity index is 0.00000108. The summed E-state index contributed by atoms with van der Waals surface area (Å²) in [5.41, 5.74) is 2.23. The lowest BCUT2D eigenvalue weighted by molar-refractivity contribution is 0.625. The van der Waals surface area contributed by atoms with E-state index in [0.717, 1.165) is 18.1 Å². The molecular weight excluding hydrogens is 198 g/mol. The summed E-state index contributed by atoms with van der Waals surface area (Å²) in [5.74, 6) is 0.789. The lowest BCUT2D eigenvalue weighted by atomic mass is 10.1. The van der Waals surface area contributed by atoms with Crippen LogP contribution in [0, 0.1) is 5.92 Å². The monoisotopic (exact) mass is 217 g/mol. The predicted molar refractivity (Wildman–Crippen MR) is 68.8 cm³/mol. The number of nitrogens with zero attached hydrogens (tertiary/aromatic N) is 2. The molecule has 2 atom stereocenters. The van der Waals surface area contributed by atoms with Crippen LogP contribution in [0.1, 0.15) is 21.7 Å². The van der Waals surface area contributed by atoms with Crippen LogP contribution in [0.15, 0.2) is 24.5 Å². The van der Waals surface area contributed by atoms with Gasteiger partial charge in [0.2, 0.25) is 0 Å². The van der Waals surface area contributed by atoms with Crippen LogP contribution in [0.4, 0.5) is 5.69 Å². The fourth-order valence-corrected chi connectivity index (χ4v) is 2.74. The lowest BCUT2D eigenvalue weighted by Crippen LogP contribution is -2.26. The normalized spacial score (nSPS) is 25.5. The standard InChI is InChI=1S/C13H17N3.H2/c1-9-5-10(2)16(8-9)12-6-11-3-4-14-13(11)15-7-12;/h3-4,6-7,9-10H,5,8H2,1-2H3,(H,14,15);1H. The van der Waals surface area contributed by atoms with E-state index in [2.05, 4.69) is 40.8 Å². The SMILES string of the molecule is CC1CC(C)N(c2cnc3[nH]ccc3c2)C1.[HH]. The minimum atomic E-state index is 0. The molecule has 3 heteroatoms. The molecule has 1 aliphatic heterocycles. The van der Waals surface area contributed by atoms with Gasteiger partial charge in [0.05, 0.1) is 11.9 Å². The van der Waals surface area contributed by atoms with Crippen molar-refractivity contribution >= 4 is 16.7 Å². The van der Waals surface area contributed by atoms with Gasteiger partial charge in [-0.2, -0.15) is 0 Å². The van der Waals surface area contributed by atoms with E-state index in [1.807, 2.05) is 12.4 Å². The molecular formula is C13H19N3. The first-order chi connectivity index (χ1) is 7.74. The molecule has 0 saturated carbocycles. The van der Waals surface area contributed by atoms with Gasteiger partial charge in [-0.1, -0.05) is 6.92 Å². The Labute approximate surface area is 97.0 Å². The predicted octanol–water partition coefficient (Wildman–Crippen LogP) is 3.04. The average molecular weight is 217 g/mol. The molecule has 1 fully saturated rings. The third kappa shape index (κ3) is 1.47. The number of anilines is 1. The second-order valence-corrected chi connectivity index (χ2v) is 4.95. The summed E-state index contributed by atoms with van der Waals surface area (Å²) in [6, 6.07) is 4.94. The second-order valence-electron chi connectivity index (χ2n) is 4.95. The first kappa shape index (κ1) is 9.70. The van der Waals surface area contributed by atoms with E-state index in [1.165, 1.54) is 17.5 Å². The van der Waals surface area contributed by atoms with Gasteiger partial charge in [-0.05, 0) is 31.4 Å². The topological polar surface area (TPSA) is 31.9 Å². The average Bonchev–Trinajstić information content (AvgIpc) is 2.83. The number of pyridine rings is 1. The van der Waals surface area contributed by atoms with Crippen LogP contribution in [0.25, 0.3) is 11.0 Å². The summed E-state index contributed by atoms with van der Waals surface area (Å²) in [6.07, 6.45) is 5.20. The zero-order valence-corrected chi connectivity index (χ0v) is 9.77. The highest BCUT2D eigenvalue weighted by Gasteiger charge is 2.26. The molecule has 1 saturated heterocycles. The van der Waals surface area contributed by atoms with Gasteiger partial charge in [0.15, 0.2) is 0 Å². The van der Waals surface area contributed by atoms with Crippen molar-refractivity contribution in [1.29, 1.82) is 0 Å². The van der Waals surface area contributed by atoms with Crippen molar-refractivity contribution in [2.45, 2.75) is 26.3 Å². The fraction of sp³-hybridized carbons (Fsp3) is 0.462. The van der Waals surface area contributed by atoms with Crippen LogP contribution in [0.2, 0.25) is 0 Å². The molecule has 2 aromatic heterocycles. The number of fused-ring (bicyclic) bond motifs is 1. The molecule has 0 amide bonds. The first-order valence-electron chi connectivity index (χ1n) is 5.94. The Bertz CT molecular complexity index is 508. The summed E-state index contributed by atoms with van der Waals surface area (Å²) in [7, 11) is 0. The molecule has 2 unspecified atom stereocenters. The zero-order valence-electron chi connectivity index (χ0n) is 9.77. The summed E-state index contributed by atoms with van der Waals surface area (Å²) in [5, 5.41) is 1.20. The molecule has 3 heterocycles. The van der Waals surface area contributed by atoms with Crippen LogP contribution < -0.4 is 4.90 Å². The lowest BCUT2D eigenvalue weighted by Gasteiger charge is -2.23. The van der Waals surface area contributed by atoms with Crippen molar-refractivity contribution in [3.05, 3.63) is 24.5 Å². The molecule has 1 N–H and O–H groups in total. The maximum Gasteiger partial charge on any atom is 0.137 e. The smallest absolute Gasteiger partial charge is 0.137 e. The Hall–Kier alpha value is -1.51. The van der Waals surface area contributed by atoms with Gasteiger partial charge in [0.25, 0.3) is 0 Å². The van der Waals surface area contributed by atoms with Crippen LogP contribution in [0.3, 0.4) is 0 Å². The van der Waals surface area contributed by atoms with E-state index in [4.69, 9.17) is 0 Å². The molecule has 1 aliphatic rings.